The van der Waals surface area contributed by atoms with Gasteiger partial charge in [0.1, 0.15) is 11.5 Å². The predicted molar refractivity (Wildman–Crippen MR) is 127 cm³/mol. The first-order valence-corrected chi connectivity index (χ1v) is 10.6. The van der Waals surface area contributed by atoms with Crippen LogP contribution in [0.25, 0.3) is 0 Å². The lowest BCUT2D eigenvalue weighted by Gasteiger charge is -2.19. The molecule has 1 unspecified atom stereocenters. The second-order valence-corrected chi connectivity index (χ2v) is 7.43. The number of carbonyl (C=O) groups is 2. The normalized spacial score (nSPS) is 11.4. The Morgan fingerprint density at radius 3 is 2.19 bits per heavy atom. The van der Waals surface area contributed by atoms with E-state index in [-0.39, 0.29) is 11.8 Å². The molecule has 0 saturated carbocycles. The van der Waals surface area contributed by atoms with Gasteiger partial charge in [-0.1, -0.05) is 30.3 Å². The first kappa shape index (κ1) is 22.9. The molecule has 0 bridgehead atoms. The number of hydrogen-bond donors (Lipinski definition) is 2. The Balaban J connectivity index is 1.70. The molecule has 0 aliphatic rings. The van der Waals surface area contributed by atoms with E-state index in [4.69, 9.17) is 9.47 Å². The maximum atomic E-state index is 12.9. The van der Waals surface area contributed by atoms with Crippen LogP contribution in [0.3, 0.4) is 0 Å². The van der Waals surface area contributed by atoms with Crippen molar-refractivity contribution in [2.45, 2.75) is 33.8 Å². The summed E-state index contributed by atoms with van der Waals surface area (Å²) in [5.41, 5.74) is 3.32. The number of amides is 2. The van der Waals surface area contributed by atoms with E-state index in [0.717, 1.165) is 16.9 Å². The van der Waals surface area contributed by atoms with E-state index in [0.29, 0.717) is 29.3 Å². The predicted octanol–water partition coefficient (Wildman–Crippen LogP) is 5.36. The maximum absolute atomic E-state index is 12.9. The molecule has 0 heterocycles. The van der Waals surface area contributed by atoms with Crippen molar-refractivity contribution in [3.8, 4) is 11.5 Å². The van der Waals surface area contributed by atoms with Crippen LogP contribution in [0.15, 0.2) is 66.7 Å². The number of hydrogen-bond acceptors (Lipinski definition) is 4. The third-order valence-corrected chi connectivity index (χ3v) is 4.93. The monoisotopic (exact) mass is 432 g/mol. The van der Waals surface area contributed by atoms with Crippen molar-refractivity contribution in [2.24, 2.45) is 0 Å². The van der Waals surface area contributed by atoms with E-state index in [1.54, 1.807) is 55.5 Å². The van der Waals surface area contributed by atoms with Gasteiger partial charge in [-0.15, -0.1) is 0 Å². The SMILES string of the molecule is CCOc1ccc(NC(=O)c2ccccc2NC(=O)C(C)Oc2c(C)cccc2C)cc1. The van der Waals surface area contributed by atoms with Crippen LogP contribution in [-0.4, -0.2) is 24.5 Å². The maximum Gasteiger partial charge on any atom is 0.265 e. The highest BCUT2D eigenvalue weighted by atomic mass is 16.5. The molecule has 0 aliphatic heterocycles. The highest BCUT2D eigenvalue weighted by Crippen LogP contribution is 2.24. The van der Waals surface area contributed by atoms with Crippen LogP contribution in [0.2, 0.25) is 0 Å². The van der Waals surface area contributed by atoms with Crippen LogP contribution >= 0.6 is 0 Å². The first-order chi connectivity index (χ1) is 15.4. The molecule has 0 fully saturated rings. The zero-order valence-corrected chi connectivity index (χ0v) is 18.8. The Hall–Kier alpha value is -3.80. The van der Waals surface area contributed by atoms with Gasteiger partial charge in [0.15, 0.2) is 6.10 Å². The fraction of sp³-hybridized carbons (Fsp3) is 0.231. The van der Waals surface area contributed by atoms with Gasteiger partial charge in [-0.2, -0.15) is 0 Å². The van der Waals surface area contributed by atoms with Gasteiger partial charge in [-0.05, 0) is 75.2 Å². The Morgan fingerprint density at radius 2 is 1.53 bits per heavy atom. The molecular weight excluding hydrogens is 404 g/mol. The standard InChI is InChI=1S/C26H28N2O4/c1-5-31-21-15-13-20(14-16-21)27-26(30)22-11-6-7-12-23(22)28-25(29)19(4)32-24-17(2)9-8-10-18(24)3/h6-16,19H,5H2,1-4H3,(H,27,30)(H,28,29). The Labute approximate surface area is 188 Å². The van der Waals surface area contributed by atoms with Crippen molar-refractivity contribution >= 4 is 23.2 Å². The van der Waals surface area contributed by atoms with Crippen molar-refractivity contribution < 1.29 is 19.1 Å². The van der Waals surface area contributed by atoms with Gasteiger partial charge in [0.2, 0.25) is 0 Å². The number of nitrogens with one attached hydrogen (secondary N) is 2. The molecule has 0 saturated heterocycles. The summed E-state index contributed by atoms with van der Waals surface area (Å²) in [6, 6.07) is 19.8. The first-order valence-electron chi connectivity index (χ1n) is 10.6. The minimum atomic E-state index is -0.739. The van der Waals surface area contributed by atoms with E-state index in [1.807, 2.05) is 39.0 Å². The second-order valence-electron chi connectivity index (χ2n) is 7.43. The lowest BCUT2D eigenvalue weighted by atomic mass is 10.1. The van der Waals surface area contributed by atoms with Crippen LogP contribution in [0.4, 0.5) is 11.4 Å². The topological polar surface area (TPSA) is 76.7 Å². The quantitative estimate of drug-likeness (QED) is 0.502. The summed E-state index contributed by atoms with van der Waals surface area (Å²) in [7, 11) is 0. The number of aryl methyl sites for hydroxylation is 2. The third-order valence-electron chi connectivity index (χ3n) is 4.93. The number of carbonyl (C=O) groups excluding carboxylic acids is 2. The van der Waals surface area contributed by atoms with E-state index in [2.05, 4.69) is 10.6 Å². The van der Waals surface area contributed by atoms with Crippen LogP contribution in [0.5, 0.6) is 11.5 Å². The number of rotatable bonds is 8. The lowest BCUT2D eigenvalue weighted by molar-refractivity contribution is -0.122. The number of ether oxygens (including phenoxy) is 2. The molecule has 6 nitrogen and oxygen atoms in total. The molecule has 1 atom stereocenters. The minimum absolute atomic E-state index is 0.326. The zero-order valence-electron chi connectivity index (χ0n) is 18.8. The highest BCUT2D eigenvalue weighted by Gasteiger charge is 2.20. The third kappa shape index (κ3) is 5.66. The van der Waals surface area contributed by atoms with Gasteiger partial charge >= 0.3 is 0 Å². The zero-order chi connectivity index (χ0) is 23.1. The van der Waals surface area contributed by atoms with Gasteiger partial charge in [0, 0.05) is 5.69 Å². The summed E-state index contributed by atoms with van der Waals surface area (Å²) in [6.45, 7) is 8.05. The highest BCUT2D eigenvalue weighted by molar-refractivity contribution is 6.10. The number of para-hydroxylation sites is 2. The van der Waals surface area contributed by atoms with Crippen LogP contribution in [0.1, 0.15) is 35.3 Å². The van der Waals surface area contributed by atoms with Gasteiger partial charge in [0.05, 0.1) is 17.9 Å². The molecule has 0 aromatic heterocycles. The van der Waals surface area contributed by atoms with Crippen molar-refractivity contribution in [3.05, 3.63) is 83.4 Å². The summed E-state index contributed by atoms with van der Waals surface area (Å²) < 4.78 is 11.3. The summed E-state index contributed by atoms with van der Waals surface area (Å²) >= 11 is 0. The molecule has 32 heavy (non-hydrogen) atoms. The molecule has 3 aromatic rings. The molecule has 6 heteroatoms. The molecule has 3 aromatic carbocycles. The average Bonchev–Trinajstić information content (AvgIpc) is 2.78. The second kappa shape index (κ2) is 10.5. The Bertz CT molecular complexity index is 1070. The van der Waals surface area contributed by atoms with Gasteiger partial charge < -0.3 is 20.1 Å². The number of benzene rings is 3. The van der Waals surface area contributed by atoms with E-state index >= 15 is 0 Å². The van der Waals surface area contributed by atoms with Gasteiger partial charge in [-0.25, -0.2) is 0 Å². The van der Waals surface area contributed by atoms with Gasteiger partial charge in [0.25, 0.3) is 11.8 Å². The fourth-order valence-corrected chi connectivity index (χ4v) is 3.24. The minimum Gasteiger partial charge on any atom is -0.494 e. The van der Waals surface area contributed by atoms with Crippen LogP contribution in [0, 0.1) is 13.8 Å². The van der Waals surface area contributed by atoms with Gasteiger partial charge in [-0.3, -0.25) is 9.59 Å². The molecular formula is C26H28N2O4. The largest absolute Gasteiger partial charge is 0.494 e. The van der Waals surface area contributed by atoms with E-state index < -0.39 is 6.10 Å². The molecule has 2 amide bonds. The van der Waals surface area contributed by atoms with Crippen molar-refractivity contribution in [2.75, 3.05) is 17.2 Å². The molecule has 0 radical (unpaired) electrons. The fourth-order valence-electron chi connectivity index (χ4n) is 3.24. The lowest BCUT2D eigenvalue weighted by Crippen LogP contribution is -2.31. The van der Waals surface area contributed by atoms with Crippen LogP contribution < -0.4 is 20.1 Å². The van der Waals surface area contributed by atoms with Crippen molar-refractivity contribution in [3.63, 3.8) is 0 Å². The Morgan fingerprint density at radius 1 is 0.875 bits per heavy atom. The summed E-state index contributed by atoms with van der Waals surface area (Å²) in [5.74, 6) is 0.759. The summed E-state index contributed by atoms with van der Waals surface area (Å²) in [6.07, 6.45) is -0.739. The van der Waals surface area contributed by atoms with Crippen molar-refractivity contribution in [1.29, 1.82) is 0 Å². The van der Waals surface area contributed by atoms with E-state index in [9.17, 15) is 9.59 Å². The number of anilines is 2. The molecule has 166 valence electrons. The summed E-state index contributed by atoms with van der Waals surface area (Å²) in [5, 5.41) is 5.67. The summed E-state index contributed by atoms with van der Waals surface area (Å²) in [4.78, 5) is 25.6. The smallest absolute Gasteiger partial charge is 0.265 e. The molecule has 3 rings (SSSR count). The Kier molecular flexibility index (Phi) is 7.49. The average molecular weight is 433 g/mol. The van der Waals surface area contributed by atoms with E-state index in [1.165, 1.54) is 0 Å². The molecule has 0 aliphatic carbocycles. The van der Waals surface area contributed by atoms with Crippen LogP contribution in [-0.2, 0) is 4.79 Å². The van der Waals surface area contributed by atoms with Crippen molar-refractivity contribution in [1.82, 2.24) is 0 Å². The molecule has 0 spiro atoms. The molecule has 2 N–H and O–H groups in total.